The number of nitrogens with one attached hydrogen (secondary N) is 1. The lowest BCUT2D eigenvalue weighted by atomic mass is 9.88. The van der Waals surface area contributed by atoms with Gasteiger partial charge in [0.2, 0.25) is 5.82 Å². The maximum atomic E-state index is 12.5. The number of carbonyl (C=O) groups excluding carboxylic acids is 1. The molecular formula is C17H17N5O. The molecule has 0 saturated heterocycles. The van der Waals surface area contributed by atoms with Crippen LogP contribution in [0.3, 0.4) is 0 Å². The van der Waals surface area contributed by atoms with Crippen LogP contribution in [0.4, 0.5) is 0 Å². The van der Waals surface area contributed by atoms with E-state index in [1.54, 1.807) is 10.7 Å². The van der Waals surface area contributed by atoms with E-state index in [1.165, 1.54) is 11.1 Å². The number of hydrogen-bond donors (Lipinski definition) is 1. The Balaban J connectivity index is 1.61. The predicted octanol–water partition coefficient (Wildman–Crippen LogP) is 2.24. The zero-order valence-electron chi connectivity index (χ0n) is 12.9. The molecule has 2 heterocycles. The van der Waals surface area contributed by atoms with Gasteiger partial charge in [-0.25, -0.2) is 9.50 Å². The number of benzene rings is 1. The average Bonchev–Trinajstić information content (AvgIpc) is 3.01. The van der Waals surface area contributed by atoms with E-state index in [1.807, 2.05) is 25.1 Å². The van der Waals surface area contributed by atoms with Crippen molar-refractivity contribution in [2.24, 2.45) is 0 Å². The molecule has 1 atom stereocenters. The van der Waals surface area contributed by atoms with Crippen LogP contribution in [-0.2, 0) is 6.42 Å². The standard InChI is InChI=1S/C17H17N5O/c1-11-9-10-18-17-20-15(21-22(11)17)16(23)19-14-8-4-6-12-5-2-3-7-13(12)14/h2-3,5,7,9-10,14H,4,6,8H2,1H3,(H,19,23)/t14-/m0/s1. The number of amides is 1. The number of aryl methyl sites for hydroxylation is 2. The summed E-state index contributed by atoms with van der Waals surface area (Å²) in [7, 11) is 0. The Morgan fingerprint density at radius 2 is 2.17 bits per heavy atom. The Kier molecular flexibility index (Phi) is 3.29. The lowest BCUT2D eigenvalue weighted by Gasteiger charge is -2.25. The fourth-order valence-electron chi connectivity index (χ4n) is 3.13. The topological polar surface area (TPSA) is 72.2 Å². The van der Waals surface area contributed by atoms with E-state index in [4.69, 9.17) is 0 Å². The van der Waals surface area contributed by atoms with Gasteiger partial charge in [-0.2, -0.15) is 4.98 Å². The number of carbonyl (C=O) groups is 1. The summed E-state index contributed by atoms with van der Waals surface area (Å²) in [5, 5.41) is 7.33. The summed E-state index contributed by atoms with van der Waals surface area (Å²) in [6.45, 7) is 1.91. The van der Waals surface area contributed by atoms with Gasteiger partial charge in [-0.1, -0.05) is 24.3 Å². The molecule has 1 aliphatic rings. The summed E-state index contributed by atoms with van der Waals surface area (Å²) in [5.74, 6) is 0.352. The van der Waals surface area contributed by atoms with Crippen LogP contribution in [0, 0.1) is 6.92 Å². The Morgan fingerprint density at radius 3 is 3.04 bits per heavy atom. The number of aromatic nitrogens is 4. The molecule has 0 aliphatic heterocycles. The maximum Gasteiger partial charge on any atom is 0.291 e. The van der Waals surface area contributed by atoms with Crippen LogP contribution < -0.4 is 5.32 Å². The van der Waals surface area contributed by atoms with Gasteiger partial charge in [-0.05, 0) is 43.4 Å². The van der Waals surface area contributed by atoms with Crippen LogP contribution in [0.1, 0.15) is 46.3 Å². The third-order valence-corrected chi connectivity index (χ3v) is 4.31. The number of hydrogen-bond acceptors (Lipinski definition) is 4. The summed E-state index contributed by atoms with van der Waals surface area (Å²) in [5.41, 5.74) is 3.40. The van der Waals surface area contributed by atoms with Gasteiger partial charge in [0.25, 0.3) is 11.7 Å². The van der Waals surface area contributed by atoms with Crippen molar-refractivity contribution < 1.29 is 4.79 Å². The van der Waals surface area contributed by atoms with Crippen molar-refractivity contribution >= 4 is 11.7 Å². The molecule has 1 aliphatic carbocycles. The molecule has 0 unspecified atom stereocenters. The molecule has 1 N–H and O–H groups in total. The molecule has 4 rings (SSSR count). The minimum atomic E-state index is -0.253. The molecule has 1 amide bonds. The Morgan fingerprint density at radius 1 is 1.30 bits per heavy atom. The second kappa shape index (κ2) is 5.46. The second-order valence-electron chi connectivity index (χ2n) is 5.85. The van der Waals surface area contributed by atoms with Gasteiger partial charge in [0.1, 0.15) is 0 Å². The van der Waals surface area contributed by atoms with Crippen LogP contribution in [0.5, 0.6) is 0 Å². The van der Waals surface area contributed by atoms with Crippen molar-refractivity contribution in [1.29, 1.82) is 0 Å². The summed E-state index contributed by atoms with van der Waals surface area (Å²) < 4.78 is 1.59. The SMILES string of the molecule is Cc1ccnc2nc(C(=O)N[C@H]3CCCc4ccccc43)nn12. The molecule has 116 valence electrons. The summed E-state index contributed by atoms with van der Waals surface area (Å²) >= 11 is 0. The van der Waals surface area contributed by atoms with Crippen LogP contribution in [0.2, 0.25) is 0 Å². The van der Waals surface area contributed by atoms with Crippen molar-refractivity contribution in [3.05, 3.63) is 59.2 Å². The minimum Gasteiger partial charge on any atom is -0.342 e. The highest BCUT2D eigenvalue weighted by atomic mass is 16.2. The van der Waals surface area contributed by atoms with Crippen molar-refractivity contribution in [3.63, 3.8) is 0 Å². The van der Waals surface area contributed by atoms with Crippen LogP contribution in [0.15, 0.2) is 36.5 Å². The smallest absolute Gasteiger partial charge is 0.291 e. The quantitative estimate of drug-likeness (QED) is 0.788. The van der Waals surface area contributed by atoms with Crippen molar-refractivity contribution in [1.82, 2.24) is 24.9 Å². The van der Waals surface area contributed by atoms with E-state index in [0.29, 0.717) is 5.78 Å². The first-order valence-corrected chi connectivity index (χ1v) is 7.79. The molecule has 0 spiro atoms. The molecule has 0 saturated carbocycles. The zero-order valence-corrected chi connectivity index (χ0v) is 12.9. The van der Waals surface area contributed by atoms with Gasteiger partial charge < -0.3 is 5.32 Å². The van der Waals surface area contributed by atoms with Crippen molar-refractivity contribution in [2.75, 3.05) is 0 Å². The molecule has 6 heteroatoms. The highest BCUT2D eigenvalue weighted by Gasteiger charge is 2.23. The highest BCUT2D eigenvalue weighted by molar-refractivity contribution is 5.91. The van der Waals surface area contributed by atoms with Crippen LogP contribution in [0.25, 0.3) is 5.78 Å². The van der Waals surface area contributed by atoms with Gasteiger partial charge in [0, 0.05) is 11.9 Å². The third-order valence-electron chi connectivity index (χ3n) is 4.31. The van der Waals surface area contributed by atoms with Crippen molar-refractivity contribution in [2.45, 2.75) is 32.2 Å². The van der Waals surface area contributed by atoms with Crippen molar-refractivity contribution in [3.8, 4) is 0 Å². The van der Waals surface area contributed by atoms with E-state index in [0.717, 1.165) is 25.0 Å². The fourth-order valence-corrected chi connectivity index (χ4v) is 3.13. The third kappa shape index (κ3) is 2.46. The monoisotopic (exact) mass is 307 g/mol. The van der Waals surface area contributed by atoms with Gasteiger partial charge in [-0.15, -0.1) is 5.10 Å². The average molecular weight is 307 g/mol. The Bertz CT molecular complexity index is 886. The summed E-state index contributed by atoms with van der Waals surface area (Å²) in [6.07, 6.45) is 4.74. The van der Waals surface area contributed by atoms with E-state index < -0.39 is 0 Å². The zero-order chi connectivity index (χ0) is 15.8. The van der Waals surface area contributed by atoms with Gasteiger partial charge in [-0.3, -0.25) is 4.79 Å². The van der Waals surface area contributed by atoms with Crippen LogP contribution in [-0.4, -0.2) is 25.5 Å². The molecular weight excluding hydrogens is 290 g/mol. The first kappa shape index (κ1) is 13.9. The first-order valence-electron chi connectivity index (χ1n) is 7.79. The van der Waals surface area contributed by atoms with Crippen LogP contribution >= 0.6 is 0 Å². The number of fused-ring (bicyclic) bond motifs is 2. The number of rotatable bonds is 2. The lowest BCUT2D eigenvalue weighted by Crippen LogP contribution is -2.31. The summed E-state index contributed by atoms with van der Waals surface area (Å²) in [6, 6.07) is 10.1. The Labute approximate surface area is 133 Å². The summed E-state index contributed by atoms with van der Waals surface area (Å²) in [4.78, 5) is 20.9. The minimum absolute atomic E-state index is 0.0214. The second-order valence-corrected chi connectivity index (χ2v) is 5.85. The highest BCUT2D eigenvalue weighted by Crippen LogP contribution is 2.29. The molecule has 23 heavy (non-hydrogen) atoms. The van der Waals surface area contributed by atoms with E-state index >= 15 is 0 Å². The molecule has 0 bridgehead atoms. The van der Waals surface area contributed by atoms with E-state index in [9.17, 15) is 4.79 Å². The molecule has 0 fully saturated rings. The predicted molar refractivity (Wildman–Crippen MR) is 85.1 cm³/mol. The van der Waals surface area contributed by atoms with Gasteiger partial charge in [0.05, 0.1) is 6.04 Å². The normalized spacial score (nSPS) is 17.0. The number of nitrogens with zero attached hydrogens (tertiary/aromatic N) is 4. The van der Waals surface area contributed by atoms with E-state index in [-0.39, 0.29) is 17.8 Å². The Hall–Kier alpha value is -2.76. The molecule has 6 nitrogen and oxygen atoms in total. The van der Waals surface area contributed by atoms with E-state index in [2.05, 4.69) is 32.5 Å². The molecule has 1 aromatic carbocycles. The first-order chi connectivity index (χ1) is 11.2. The molecule has 2 aromatic heterocycles. The van der Waals surface area contributed by atoms with Gasteiger partial charge >= 0.3 is 0 Å². The molecule has 0 radical (unpaired) electrons. The largest absolute Gasteiger partial charge is 0.342 e. The lowest BCUT2D eigenvalue weighted by molar-refractivity contribution is 0.0922. The molecule has 3 aromatic rings. The van der Waals surface area contributed by atoms with Gasteiger partial charge in [0.15, 0.2) is 0 Å². The fraction of sp³-hybridized carbons (Fsp3) is 0.294. The maximum absolute atomic E-state index is 12.5.